The Morgan fingerprint density at radius 2 is 1.86 bits per heavy atom. The van der Waals surface area contributed by atoms with Crippen LogP contribution in [0.2, 0.25) is 0 Å². The number of hydrogen-bond donors (Lipinski definition) is 3. The van der Waals surface area contributed by atoms with Gasteiger partial charge in [-0.1, -0.05) is 12.1 Å². The summed E-state index contributed by atoms with van der Waals surface area (Å²) in [5, 5.41) is 6.17. The Balaban J connectivity index is 1.67. The van der Waals surface area contributed by atoms with Crippen molar-refractivity contribution in [1.29, 1.82) is 0 Å². The topological polar surface area (TPSA) is 103 Å². The van der Waals surface area contributed by atoms with Crippen molar-refractivity contribution in [3.05, 3.63) is 60.5 Å². The van der Waals surface area contributed by atoms with Crippen LogP contribution in [0.15, 0.2) is 54.7 Å². The Morgan fingerprint density at radius 1 is 1.07 bits per heavy atom. The van der Waals surface area contributed by atoms with Gasteiger partial charge in [-0.2, -0.15) is 4.98 Å². The fraction of sp³-hybridized carbons (Fsp3) is 0.150. The van der Waals surface area contributed by atoms with E-state index in [4.69, 9.17) is 10.5 Å². The molecule has 4 N–H and O–H groups in total. The van der Waals surface area contributed by atoms with Crippen molar-refractivity contribution in [2.75, 3.05) is 24.3 Å². The molecule has 9 heteroatoms. The molecule has 0 unspecified atom stereocenters. The van der Waals surface area contributed by atoms with Crippen molar-refractivity contribution in [2.45, 2.75) is 6.54 Å². The minimum Gasteiger partial charge on any atom is -0.497 e. The van der Waals surface area contributed by atoms with Crippen LogP contribution in [0.25, 0.3) is 11.2 Å². The van der Waals surface area contributed by atoms with Crippen LogP contribution in [0.1, 0.15) is 0 Å². The van der Waals surface area contributed by atoms with E-state index >= 15 is 0 Å². The first-order valence-electron chi connectivity index (χ1n) is 9.04. The molecule has 0 saturated carbocycles. The van der Waals surface area contributed by atoms with E-state index in [0.29, 0.717) is 41.8 Å². The number of benzene rings is 2. The maximum absolute atomic E-state index is 14.0. The molecule has 8 nitrogen and oxygen atoms in total. The van der Waals surface area contributed by atoms with E-state index < -0.39 is 0 Å². The molecule has 2 heterocycles. The number of methoxy groups -OCH3 is 1. The number of nitrogens with zero attached hydrogens (tertiary/aromatic N) is 4. The Bertz CT molecular complexity index is 1130. The number of para-hydroxylation sites is 1. The van der Waals surface area contributed by atoms with Gasteiger partial charge in [0.25, 0.3) is 0 Å². The van der Waals surface area contributed by atoms with Gasteiger partial charge in [0.2, 0.25) is 11.9 Å². The zero-order valence-electron chi connectivity index (χ0n) is 15.8. The van der Waals surface area contributed by atoms with E-state index in [-0.39, 0.29) is 5.82 Å². The summed E-state index contributed by atoms with van der Waals surface area (Å²) in [5.74, 6) is 1.26. The molecular formula is C20H20FN7O. The Hall–Kier alpha value is -3.72. The monoisotopic (exact) mass is 393 g/mol. The molecule has 4 aromatic rings. The van der Waals surface area contributed by atoms with Gasteiger partial charge in [0.05, 0.1) is 19.0 Å². The third kappa shape index (κ3) is 3.94. The Morgan fingerprint density at radius 3 is 2.59 bits per heavy atom. The van der Waals surface area contributed by atoms with Crippen molar-refractivity contribution in [2.24, 2.45) is 5.73 Å². The highest BCUT2D eigenvalue weighted by atomic mass is 19.1. The molecular weight excluding hydrogens is 373 g/mol. The van der Waals surface area contributed by atoms with Gasteiger partial charge in [0.1, 0.15) is 17.1 Å². The number of nitrogens with two attached hydrogens (primary N) is 1. The molecule has 0 aliphatic heterocycles. The number of imidazole rings is 1. The molecule has 0 bridgehead atoms. The number of fused-ring (bicyclic) bond motifs is 1. The lowest BCUT2D eigenvalue weighted by Gasteiger charge is -2.10. The quantitative estimate of drug-likeness (QED) is 0.442. The van der Waals surface area contributed by atoms with Gasteiger partial charge in [-0.25, -0.2) is 14.4 Å². The lowest BCUT2D eigenvalue weighted by molar-refractivity contribution is 0.415. The van der Waals surface area contributed by atoms with E-state index in [1.807, 2.05) is 28.8 Å². The van der Waals surface area contributed by atoms with Crippen molar-refractivity contribution in [3.8, 4) is 5.75 Å². The molecule has 0 atom stereocenters. The van der Waals surface area contributed by atoms with E-state index in [1.165, 1.54) is 6.07 Å². The van der Waals surface area contributed by atoms with E-state index in [0.717, 1.165) is 11.4 Å². The highest BCUT2D eigenvalue weighted by molar-refractivity contribution is 5.77. The van der Waals surface area contributed by atoms with Crippen LogP contribution in [-0.2, 0) is 6.54 Å². The van der Waals surface area contributed by atoms with Gasteiger partial charge in [-0.3, -0.25) is 4.57 Å². The molecule has 0 saturated heterocycles. The molecule has 2 aromatic carbocycles. The summed E-state index contributed by atoms with van der Waals surface area (Å²) in [6.45, 7) is 0.842. The smallest absolute Gasteiger partial charge is 0.229 e. The SMILES string of the molecule is COc1ccc(Nc2ncc3nc(Nc4ccccc4F)n(CCN)c3n2)cc1. The molecule has 148 valence electrons. The van der Waals surface area contributed by atoms with Crippen LogP contribution >= 0.6 is 0 Å². The van der Waals surface area contributed by atoms with Gasteiger partial charge < -0.3 is 21.1 Å². The summed E-state index contributed by atoms with van der Waals surface area (Å²) in [6.07, 6.45) is 1.62. The number of nitrogens with one attached hydrogen (secondary N) is 2. The summed E-state index contributed by atoms with van der Waals surface area (Å²) in [6, 6.07) is 13.8. The van der Waals surface area contributed by atoms with Crippen molar-refractivity contribution < 1.29 is 9.13 Å². The second-order valence-electron chi connectivity index (χ2n) is 6.24. The van der Waals surface area contributed by atoms with Crippen molar-refractivity contribution in [3.63, 3.8) is 0 Å². The lowest BCUT2D eigenvalue weighted by atomic mass is 10.3. The first kappa shape index (κ1) is 18.6. The third-order valence-corrected chi connectivity index (χ3v) is 4.31. The predicted molar refractivity (Wildman–Crippen MR) is 110 cm³/mol. The zero-order valence-corrected chi connectivity index (χ0v) is 15.8. The Kier molecular flexibility index (Phi) is 5.21. The molecule has 0 fully saturated rings. The van der Waals surface area contributed by atoms with Crippen LogP contribution in [0, 0.1) is 5.82 Å². The van der Waals surface area contributed by atoms with Crippen molar-refractivity contribution >= 4 is 34.4 Å². The van der Waals surface area contributed by atoms with Gasteiger partial charge in [-0.05, 0) is 36.4 Å². The standard InChI is InChI=1S/C20H20FN7O/c1-29-14-8-6-13(7-9-14)24-19-23-12-17-18(27-19)28(11-10-22)20(26-17)25-16-5-3-2-4-15(16)21/h2-9,12H,10-11,22H2,1H3,(H,25,26)(H,23,24,27). The van der Waals surface area contributed by atoms with Gasteiger partial charge >= 0.3 is 0 Å². The second-order valence-corrected chi connectivity index (χ2v) is 6.24. The number of aromatic nitrogens is 4. The summed E-state index contributed by atoms with van der Waals surface area (Å²) < 4.78 is 21.0. The fourth-order valence-corrected chi connectivity index (χ4v) is 2.90. The average Bonchev–Trinajstić information content (AvgIpc) is 3.07. The van der Waals surface area contributed by atoms with Crippen LogP contribution in [0.4, 0.5) is 27.7 Å². The minimum absolute atomic E-state index is 0.325. The molecule has 0 radical (unpaired) electrons. The minimum atomic E-state index is -0.369. The molecule has 0 aliphatic carbocycles. The maximum atomic E-state index is 14.0. The molecule has 0 amide bonds. The van der Waals surface area contributed by atoms with Crippen molar-refractivity contribution in [1.82, 2.24) is 19.5 Å². The van der Waals surface area contributed by atoms with Gasteiger partial charge in [-0.15, -0.1) is 0 Å². The molecule has 29 heavy (non-hydrogen) atoms. The van der Waals surface area contributed by atoms with E-state index in [1.54, 1.807) is 31.5 Å². The number of hydrogen-bond acceptors (Lipinski definition) is 7. The number of ether oxygens (including phenoxy) is 1. The number of anilines is 4. The molecule has 2 aromatic heterocycles. The summed E-state index contributed by atoms with van der Waals surface area (Å²) in [5.41, 5.74) is 8.09. The molecule has 0 spiro atoms. The lowest BCUT2D eigenvalue weighted by Crippen LogP contribution is -2.13. The van der Waals surface area contributed by atoms with Gasteiger partial charge in [0, 0.05) is 18.8 Å². The third-order valence-electron chi connectivity index (χ3n) is 4.31. The normalized spacial score (nSPS) is 10.9. The summed E-state index contributed by atoms with van der Waals surface area (Å²) in [4.78, 5) is 13.4. The fourth-order valence-electron chi connectivity index (χ4n) is 2.90. The highest BCUT2D eigenvalue weighted by Crippen LogP contribution is 2.24. The maximum Gasteiger partial charge on any atom is 0.229 e. The average molecular weight is 393 g/mol. The summed E-state index contributed by atoms with van der Waals surface area (Å²) >= 11 is 0. The second kappa shape index (κ2) is 8.11. The van der Waals surface area contributed by atoms with Gasteiger partial charge in [0.15, 0.2) is 5.65 Å². The van der Waals surface area contributed by atoms with E-state index in [9.17, 15) is 4.39 Å². The molecule has 4 rings (SSSR count). The number of halogens is 1. The van der Waals surface area contributed by atoms with Crippen LogP contribution < -0.4 is 21.1 Å². The van der Waals surface area contributed by atoms with Crippen LogP contribution in [-0.4, -0.2) is 33.2 Å². The first-order chi connectivity index (χ1) is 14.2. The van der Waals surface area contributed by atoms with E-state index in [2.05, 4.69) is 25.6 Å². The van der Waals surface area contributed by atoms with Crippen LogP contribution in [0.3, 0.4) is 0 Å². The van der Waals surface area contributed by atoms with Crippen LogP contribution in [0.5, 0.6) is 5.75 Å². The first-order valence-corrected chi connectivity index (χ1v) is 9.04. The predicted octanol–water partition coefficient (Wildman–Crippen LogP) is 3.42. The highest BCUT2D eigenvalue weighted by Gasteiger charge is 2.14. The Labute approximate surface area is 166 Å². The zero-order chi connectivity index (χ0) is 20.2. The largest absolute Gasteiger partial charge is 0.497 e. The number of rotatable bonds is 7. The summed E-state index contributed by atoms with van der Waals surface area (Å²) in [7, 11) is 1.62. The molecule has 0 aliphatic rings.